The molecule has 0 radical (unpaired) electrons. The third kappa shape index (κ3) is 3.59. The maximum Gasteiger partial charge on any atom is -0.0321 e. The van der Waals surface area contributed by atoms with E-state index in [1.165, 1.54) is 32.1 Å². The van der Waals surface area contributed by atoms with Gasteiger partial charge in [-0.15, -0.1) is 0 Å². The van der Waals surface area contributed by atoms with E-state index < -0.39 is 0 Å². The zero-order valence-corrected chi connectivity index (χ0v) is 16.6. The van der Waals surface area contributed by atoms with Gasteiger partial charge in [-0.3, -0.25) is 0 Å². The Bertz CT molecular complexity index is 406. The molecule has 0 heteroatoms. The Morgan fingerprint density at radius 1 is 0.625 bits per heavy atom. The molecule has 138 valence electrons. The largest absolute Gasteiger partial charge is 0.0596 e. The lowest BCUT2D eigenvalue weighted by Gasteiger charge is -2.50. The van der Waals surface area contributed by atoms with Gasteiger partial charge in [0.05, 0.1) is 0 Å². The highest BCUT2D eigenvalue weighted by Gasteiger charge is 2.44. The third-order valence-corrected chi connectivity index (χ3v) is 9.04. The predicted octanol–water partition coefficient (Wildman–Crippen LogP) is 7.62. The molecule has 0 N–H and O–H groups in total. The van der Waals surface area contributed by atoms with Crippen LogP contribution >= 0.6 is 0 Å². The quantitative estimate of drug-likeness (QED) is 0.499. The van der Waals surface area contributed by atoms with E-state index in [1.54, 1.807) is 64.2 Å². The van der Waals surface area contributed by atoms with Crippen molar-refractivity contribution in [2.45, 2.75) is 110 Å². The van der Waals surface area contributed by atoms with Crippen molar-refractivity contribution in [2.24, 2.45) is 40.9 Å². The summed E-state index contributed by atoms with van der Waals surface area (Å²) in [7, 11) is 0. The minimum atomic E-state index is 0.604. The Morgan fingerprint density at radius 2 is 1.29 bits per heavy atom. The molecule has 0 amide bonds. The monoisotopic (exact) mass is 330 g/mol. The fourth-order valence-corrected chi connectivity index (χ4v) is 7.96. The zero-order chi connectivity index (χ0) is 16.6. The van der Waals surface area contributed by atoms with Crippen LogP contribution in [0.4, 0.5) is 0 Å². The molecule has 6 atom stereocenters. The van der Waals surface area contributed by atoms with E-state index in [2.05, 4.69) is 13.8 Å². The van der Waals surface area contributed by atoms with Crippen molar-refractivity contribution in [3.8, 4) is 0 Å². The van der Waals surface area contributed by atoms with Crippen molar-refractivity contribution in [1.82, 2.24) is 0 Å². The zero-order valence-electron chi connectivity index (χ0n) is 16.6. The third-order valence-electron chi connectivity index (χ3n) is 9.04. The molecule has 24 heavy (non-hydrogen) atoms. The van der Waals surface area contributed by atoms with Gasteiger partial charge in [-0.05, 0) is 73.0 Å². The van der Waals surface area contributed by atoms with Crippen LogP contribution in [0.3, 0.4) is 0 Å². The Hall–Kier alpha value is 0. The summed E-state index contributed by atoms with van der Waals surface area (Å²) < 4.78 is 0. The minimum absolute atomic E-state index is 0.604. The van der Waals surface area contributed by atoms with Gasteiger partial charge in [0.15, 0.2) is 0 Å². The number of hydrogen-bond acceptors (Lipinski definition) is 0. The van der Waals surface area contributed by atoms with Crippen LogP contribution in [-0.2, 0) is 0 Å². The molecular formula is C24H42. The van der Waals surface area contributed by atoms with E-state index in [-0.39, 0.29) is 0 Å². The Balaban J connectivity index is 1.39. The molecule has 0 saturated heterocycles. The van der Waals surface area contributed by atoms with Gasteiger partial charge in [-0.1, -0.05) is 78.1 Å². The Labute approximate surface area is 151 Å². The highest BCUT2D eigenvalue weighted by atomic mass is 14.5. The van der Waals surface area contributed by atoms with E-state index in [4.69, 9.17) is 0 Å². The molecule has 0 spiro atoms. The van der Waals surface area contributed by atoms with Crippen LogP contribution in [0.5, 0.6) is 0 Å². The van der Waals surface area contributed by atoms with Gasteiger partial charge in [0.1, 0.15) is 0 Å². The number of hydrogen-bond donors (Lipinski definition) is 0. The summed E-state index contributed by atoms with van der Waals surface area (Å²) in [5.41, 5.74) is 0.604. The summed E-state index contributed by atoms with van der Waals surface area (Å²) in [6, 6.07) is 0. The molecule has 4 aliphatic rings. The maximum absolute atomic E-state index is 2.67. The normalized spacial score (nSPS) is 43.8. The van der Waals surface area contributed by atoms with E-state index >= 15 is 0 Å². The van der Waals surface area contributed by atoms with Crippen LogP contribution in [0.1, 0.15) is 110 Å². The first-order valence-corrected chi connectivity index (χ1v) is 11.6. The van der Waals surface area contributed by atoms with Crippen LogP contribution in [-0.4, -0.2) is 0 Å². The van der Waals surface area contributed by atoms with Crippen molar-refractivity contribution >= 4 is 0 Å². The first-order chi connectivity index (χ1) is 11.6. The van der Waals surface area contributed by atoms with Crippen LogP contribution < -0.4 is 0 Å². The van der Waals surface area contributed by atoms with Gasteiger partial charge >= 0.3 is 0 Å². The topological polar surface area (TPSA) is 0 Å². The van der Waals surface area contributed by atoms with Crippen molar-refractivity contribution in [3.63, 3.8) is 0 Å². The van der Waals surface area contributed by atoms with Gasteiger partial charge in [0.2, 0.25) is 0 Å². The predicted molar refractivity (Wildman–Crippen MR) is 104 cm³/mol. The molecule has 4 rings (SSSR count). The van der Waals surface area contributed by atoms with Gasteiger partial charge in [-0.25, -0.2) is 0 Å². The summed E-state index contributed by atoms with van der Waals surface area (Å²) in [4.78, 5) is 0. The molecule has 0 nitrogen and oxygen atoms in total. The van der Waals surface area contributed by atoms with Crippen LogP contribution in [0, 0.1) is 40.9 Å². The molecule has 0 aromatic carbocycles. The van der Waals surface area contributed by atoms with E-state index in [0.717, 1.165) is 35.5 Å². The smallest absolute Gasteiger partial charge is 0.0321 e. The second-order valence-electron chi connectivity index (χ2n) is 10.9. The molecule has 0 aromatic rings. The summed E-state index contributed by atoms with van der Waals surface area (Å²) in [6.07, 6.45) is 23.3. The SMILES string of the molecule is CC(C)(CC1CCC2CCCCC2C1)C1CCCC2CCCCC21. The fourth-order valence-electron chi connectivity index (χ4n) is 7.96. The lowest BCUT2D eigenvalue weighted by Crippen LogP contribution is -2.41. The molecule has 6 unspecified atom stereocenters. The van der Waals surface area contributed by atoms with Crippen molar-refractivity contribution < 1.29 is 0 Å². The summed E-state index contributed by atoms with van der Waals surface area (Å²) in [5, 5.41) is 0. The van der Waals surface area contributed by atoms with E-state index in [1.807, 2.05) is 0 Å². The first-order valence-electron chi connectivity index (χ1n) is 11.6. The molecule has 0 heterocycles. The molecule has 0 aliphatic heterocycles. The number of fused-ring (bicyclic) bond motifs is 2. The Morgan fingerprint density at radius 3 is 2.12 bits per heavy atom. The highest BCUT2D eigenvalue weighted by molar-refractivity contribution is 4.94. The molecular weight excluding hydrogens is 288 g/mol. The summed E-state index contributed by atoms with van der Waals surface area (Å²) in [5.74, 6) is 6.53. The molecule has 4 aliphatic carbocycles. The lowest BCUT2D eigenvalue weighted by molar-refractivity contribution is -0.000181. The standard InChI is InChI=1S/C24H42/c1-24(2,23-13-7-11-20-9-5-6-12-22(20)23)17-18-14-15-19-8-3-4-10-21(19)16-18/h18-23H,3-17H2,1-2H3. The molecule has 0 bridgehead atoms. The summed E-state index contributed by atoms with van der Waals surface area (Å²) >= 11 is 0. The van der Waals surface area contributed by atoms with Gasteiger partial charge in [0.25, 0.3) is 0 Å². The highest BCUT2D eigenvalue weighted by Crippen LogP contribution is 2.54. The minimum Gasteiger partial charge on any atom is -0.0596 e. The van der Waals surface area contributed by atoms with E-state index in [9.17, 15) is 0 Å². The lowest BCUT2D eigenvalue weighted by atomic mass is 9.55. The van der Waals surface area contributed by atoms with Gasteiger partial charge in [0, 0.05) is 0 Å². The average Bonchev–Trinajstić information content (AvgIpc) is 2.61. The van der Waals surface area contributed by atoms with Crippen LogP contribution in [0.2, 0.25) is 0 Å². The molecule has 0 aromatic heterocycles. The first kappa shape index (κ1) is 17.4. The average molecular weight is 331 g/mol. The van der Waals surface area contributed by atoms with Crippen LogP contribution in [0.15, 0.2) is 0 Å². The van der Waals surface area contributed by atoms with Crippen molar-refractivity contribution in [1.29, 1.82) is 0 Å². The van der Waals surface area contributed by atoms with E-state index in [0.29, 0.717) is 5.41 Å². The summed E-state index contributed by atoms with van der Waals surface area (Å²) in [6.45, 7) is 5.34. The van der Waals surface area contributed by atoms with Crippen LogP contribution in [0.25, 0.3) is 0 Å². The molecule has 4 saturated carbocycles. The van der Waals surface area contributed by atoms with Gasteiger partial charge in [-0.2, -0.15) is 0 Å². The van der Waals surface area contributed by atoms with Crippen molar-refractivity contribution in [3.05, 3.63) is 0 Å². The van der Waals surface area contributed by atoms with Gasteiger partial charge < -0.3 is 0 Å². The second kappa shape index (κ2) is 7.32. The maximum atomic E-state index is 2.67. The second-order valence-corrected chi connectivity index (χ2v) is 10.9. The number of rotatable bonds is 3. The Kier molecular flexibility index (Phi) is 5.31. The fraction of sp³-hybridized carbons (Fsp3) is 1.00. The van der Waals surface area contributed by atoms with Crippen molar-refractivity contribution in [2.75, 3.05) is 0 Å². The molecule has 4 fully saturated rings.